The van der Waals surface area contributed by atoms with Crippen molar-refractivity contribution >= 4 is 6.29 Å². The summed E-state index contributed by atoms with van der Waals surface area (Å²) in [6.45, 7) is 1.13. The van der Waals surface area contributed by atoms with Crippen molar-refractivity contribution in [2.75, 3.05) is 0 Å². The lowest BCUT2D eigenvalue weighted by atomic mass is 10.5. The minimum absolute atomic E-state index is 1.11. The molecule has 1 radical (unpaired) electrons. The van der Waals surface area contributed by atoms with E-state index in [-0.39, 0.29) is 0 Å². The van der Waals surface area contributed by atoms with Gasteiger partial charge in [0.2, 0.25) is 6.29 Å². The molecule has 1 nitrogen and oxygen atoms in total. The van der Waals surface area contributed by atoms with E-state index in [1.807, 2.05) is 0 Å². The average molecular weight is 75.1 g/mol. The van der Waals surface area contributed by atoms with Crippen LogP contribution in [0, 0.1) is 0 Å². The third-order valence-electron chi connectivity index (χ3n) is 0.162. The van der Waals surface area contributed by atoms with E-state index in [9.17, 15) is 4.39 Å². The molecule has 0 aromatic heterocycles. The number of rotatable bonds is 1. The van der Waals surface area contributed by atoms with Gasteiger partial charge in [-0.15, -0.1) is 0 Å². The highest BCUT2D eigenvalue weighted by atomic mass is 19.1. The number of alkyl halides is 1. The molecule has 0 amide bonds. The first-order valence-electron chi connectivity index (χ1n) is 1.29. The fraction of sp³-hybridized carbons (Fsp3) is 0.667. The zero-order valence-corrected chi connectivity index (χ0v) is 2.86. The first-order chi connectivity index (χ1) is 2.27. The van der Waals surface area contributed by atoms with Crippen molar-refractivity contribution in [3.8, 4) is 0 Å². The van der Waals surface area contributed by atoms with E-state index >= 15 is 0 Å². The zero-order valence-electron chi connectivity index (χ0n) is 2.86. The Morgan fingerprint density at radius 1 is 2.00 bits per heavy atom. The van der Waals surface area contributed by atoms with E-state index in [1.54, 1.807) is 0 Å². The highest BCUT2D eigenvalue weighted by Crippen LogP contribution is 1.75. The Balaban J connectivity index is 2.83. The van der Waals surface area contributed by atoms with Crippen LogP contribution in [-0.2, 0) is 4.79 Å². The molecule has 1 unspecified atom stereocenters. The Hall–Kier alpha value is -0.400. The topological polar surface area (TPSA) is 17.1 Å². The summed E-state index contributed by atoms with van der Waals surface area (Å²) in [5.74, 6) is 0. The molecule has 0 aliphatic heterocycles. The molecular weight excluding hydrogens is 71.0 g/mol. The van der Waals surface area contributed by atoms with E-state index in [2.05, 4.69) is 0 Å². The minimum Gasteiger partial charge on any atom is -0.287 e. The molecule has 1 atom stereocenters. The van der Waals surface area contributed by atoms with Crippen LogP contribution in [-0.4, -0.2) is 12.5 Å². The molecule has 0 spiro atoms. The third-order valence-corrected chi connectivity index (χ3v) is 0.162. The van der Waals surface area contributed by atoms with Gasteiger partial charge in [0.15, 0.2) is 6.17 Å². The van der Waals surface area contributed by atoms with Crippen LogP contribution in [0.4, 0.5) is 4.39 Å². The smallest absolute Gasteiger partial charge is 0.235 e. The quantitative estimate of drug-likeness (QED) is 0.442. The molecule has 0 saturated heterocycles. The van der Waals surface area contributed by atoms with Crippen molar-refractivity contribution in [2.24, 2.45) is 0 Å². The average Bonchev–Trinajstić information content (AvgIpc) is 1.38. The van der Waals surface area contributed by atoms with E-state index in [1.165, 1.54) is 0 Å². The Morgan fingerprint density at radius 2 is 2.20 bits per heavy atom. The van der Waals surface area contributed by atoms with Gasteiger partial charge in [-0.2, -0.15) is 0 Å². The Bertz CT molecular complexity index is 33.9. The second-order valence-electron chi connectivity index (χ2n) is 0.734. The summed E-state index contributed by atoms with van der Waals surface area (Å²) >= 11 is 0. The number of hydrogen-bond acceptors (Lipinski definition) is 1. The highest BCUT2D eigenvalue weighted by Gasteiger charge is 1.87. The van der Waals surface area contributed by atoms with Gasteiger partial charge < -0.3 is 0 Å². The maximum absolute atomic E-state index is 11.0. The molecule has 2 heteroatoms. The van der Waals surface area contributed by atoms with Crippen LogP contribution in [0.3, 0.4) is 0 Å². The molecule has 0 bridgehead atoms. The molecule has 0 aromatic rings. The molecule has 0 aromatic carbocycles. The van der Waals surface area contributed by atoms with E-state index in [0.29, 0.717) is 0 Å². The summed E-state index contributed by atoms with van der Waals surface area (Å²) < 4.78 is 11.0. The standard InChI is InChI=1S/C3H4FO/c1-3(4)2-5/h3H,1H3. The molecule has 0 rings (SSSR count). The minimum atomic E-state index is -1.42. The number of hydrogen-bond donors (Lipinski definition) is 0. The van der Waals surface area contributed by atoms with Crippen LogP contribution < -0.4 is 0 Å². The molecule has 29 valence electrons. The van der Waals surface area contributed by atoms with Crippen LogP contribution in [0.1, 0.15) is 6.92 Å². The second kappa shape index (κ2) is 1.88. The van der Waals surface area contributed by atoms with Gasteiger partial charge in [0.05, 0.1) is 0 Å². The lowest BCUT2D eigenvalue weighted by Gasteiger charge is -1.72. The van der Waals surface area contributed by atoms with Crippen LogP contribution in [0.25, 0.3) is 0 Å². The molecule has 0 aliphatic rings. The molecule has 0 N–H and O–H groups in total. The third kappa shape index (κ3) is 3.60. The number of halogens is 1. The van der Waals surface area contributed by atoms with E-state index in [0.717, 1.165) is 13.2 Å². The van der Waals surface area contributed by atoms with Crippen molar-refractivity contribution in [3.05, 3.63) is 0 Å². The lowest BCUT2D eigenvalue weighted by molar-refractivity contribution is 0.422. The second-order valence-corrected chi connectivity index (χ2v) is 0.734. The summed E-state index contributed by atoms with van der Waals surface area (Å²) in [6.07, 6.45) is -0.310. The SMILES string of the molecule is CC(F)[C]=O. The van der Waals surface area contributed by atoms with Crippen molar-refractivity contribution < 1.29 is 9.18 Å². The van der Waals surface area contributed by atoms with Gasteiger partial charge in [0.25, 0.3) is 0 Å². The van der Waals surface area contributed by atoms with Gasteiger partial charge >= 0.3 is 0 Å². The van der Waals surface area contributed by atoms with E-state index < -0.39 is 6.17 Å². The van der Waals surface area contributed by atoms with Gasteiger partial charge in [-0.1, -0.05) is 0 Å². The predicted molar refractivity (Wildman–Crippen MR) is 16.3 cm³/mol. The lowest BCUT2D eigenvalue weighted by Crippen LogP contribution is -1.89. The Morgan fingerprint density at radius 3 is 2.20 bits per heavy atom. The summed E-state index contributed by atoms with van der Waals surface area (Å²) in [5.41, 5.74) is 0. The van der Waals surface area contributed by atoms with Gasteiger partial charge in [-0.05, 0) is 6.92 Å². The van der Waals surface area contributed by atoms with Gasteiger partial charge in [-0.25, -0.2) is 4.39 Å². The maximum atomic E-state index is 11.0. The maximum Gasteiger partial charge on any atom is 0.235 e. The van der Waals surface area contributed by atoms with Crippen molar-refractivity contribution in [1.29, 1.82) is 0 Å². The zero-order chi connectivity index (χ0) is 4.28. The Labute approximate surface area is 29.8 Å². The van der Waals surface area contributed by atoms with Crippen molar-refractivity contribution in [3.63, 3.8) is 0 Å². The molecule has 0 aliphatic carbocycles. The first-order valence-corrected chi connectivity index (χ1v) is 1.29. The van der Waals surface area contributed by atoms with Crippen LogP contribution in [0.15, 0.2) is 0 Å². The molecule has 0 saturated carbocycles. The monoisotopic (exact) mass is 75.0 g/mol. The van der Waals surface area contributed by atoms with Crippen molar-refractivity contribution in [1.82, 2.24) is 0 Å². The summed E-state index contributed by atoms with van der Waals surface area (Å²) in [6, 6.07) is 0. The predicted octanol–water partition coefficient (Wildman–Crippen LogP) is 0.454. The molecule has 5 heavy (non-hydrogen) atoms. The fourth-order valence-electron chi connectivity index (χ4n) is 0. The molecule has 0 fully saturated rings. The summed E-state index contributed by atoms with van der Waals surface area (Å²) in [5, 5.41) is 0. The van der Waals surface area contributed by atoms with Gasteiger partial charge in [-0.3, -0.25) is 4.79 Å². The summed E-state index contributed by atoms with van der Waals surface area (Å²) in [4.78, 5) is 9.00. The van der Waals surface area contributed by atoms with Gasteiger partial charge in [0.1, 0.15) is 0 Å². The van der Waals surface area contributed by atoms with Crippen molar-refractivity contribution in [2.45, 2.75) is 13.1 Å². The molecule has 0 heterocycles. The van der Waals surface area contributed by atoms with E-state index in [4.69, 9.17) is 4.79 Å². The van der Waals surface area contributed by atoms with Crippen LogP contribution in [0.2, 0.25) is 0 Å². The largest absolute Gasteiger partial charge is 0.287 e. The van der Waals surface area contributed by atoms with Crippen LogP contribution >= 0.6 is 0 Å². The Kier molecular flexibility index (Phi) is 1.73. The molecular formula is C3H4FO. The van der Waals surface area contributed by atoms with Gasteiger partial charge in [0, 0.05) is 0 Å². The highest BCUT2D eigenvalue weighted by molar-refractivity contribution is 5.55. The normalized spacial score (nSPS) is 14.0. The number of carbonyl (C=O) groups excluding carboxylic acids is 1. The first kappa shape index (κ1) is 4.60. The summed E-state index contributed by atoms with van der Waals surface area (Å²) in [7, 11) is 0. The van der Waals surface area contributed by atoms with Crippen LogP contribution in [0.5, 0.6) is 0 Å². The fourth-order valence-corrected chi connectivity index (χ4v) is 0.